The van der Waals surface area contributed by atoms with E-state index in [4.69, 9.17) is 13.9 Å². The molecule has 7 heteroatoms. The van der Waals surface area contributed by atoms with Gasteiger partial charge in [0.15, 0.2) is 11.5 Å². The van der Waals surface area contributed by atoms with Crippen molar-refractivity contribution in [3.05, 3.63) is 71.2 Å². The SMILES string of the molecule is CC(C)c1ccc2oc(C(=O)NCCO)cc2c1.CCc1ccc2oc(C(=O)N(C)C)cc2c1. The number of hydrogen-bond donors (Lipinski definition) is 2. The average Bonchev–Trinajstić information content (AvgIpc) is 3.45. The highest BCUT2D eigenvalue weighted by Gasteiger charge is 2.14. The molecule has 0 saturated carbocycles. The summed E-state index contributed by atoms with van der Waals surface area (Å²) in [5.74, 6) is 0.712. The average molecular weight is 465 g/mol. The third-order valence-electron chi connectivity index (χ3n) is 5.43. The number of nitrogens with zero attached hydrogens (tertiary/aromatic N) is 1. The summed E-state index contributed by atoms with van der Waals surface area (Å²) in [6.45, 7) is 6.50. The number of benzene rings is 2. The quantitative estimate of drug-likeness (QED) is 0.420. The van der Waals surface area contributed by atoms with Gasteiger partial charge >= 0.3 is 0 Å². The molecule has 2 amide bonds. The molecule has 2 aromatic carbocycles. The maximum absolute atomic E-state index is 11.7. The summed E-state index contributed by atoms with van der Waals surface area (Å²) in [6.07, 6.45) is 0.984. The molecule has 0 atom stereocenters. The van der Waals surface area contributed by atoms with E-state index in [0.29, 0.717) is 17.3 Å². The fourth-order valence-electron chi connectivity index (χ4n) is 3.43. The number of furan rings is 2. The largest absolute Gasteiger partial charge is 0.451 e. The van der Waals surface area contributed by atoms with Gasteiger partial charge in [0.05, 0.1) is 6.61 Å². The van der Waals surface area contributed by atoms with Crippen LogP contribution < -0.4 is 5.32 Å². The highest BCUT2D eigenvalue weighted by Crippen LogP contribution is 2.24. The number of aliphatic hydroxyl groups excluding tert-OH is 1. The van der Waals surface area contributed by atoms with Gasteiger partial charge in [-0.25, -0.2) is 0 Å². The Morgan fingerprint density at radius 2 is 1.56 bits per heavy atom. The van der Waals surface area contributed by atoms with E-state index < -0.39 is 0 Å². The minimum Gasteiger partial charge on any atom is -0.451 e. The molecule has 0 bridgehead atoms. The van der Waals surface area contributed by atoms with Crippen molar-refractivity contribution in [2.24, 2.45) is 0 Å². The summed E-state index contributed by atoms with van der Waals surface area (Å²) in [4.78, 5) is 24.9. The maximum Gasteiger partial charge on any atom is 0.289 e. The second kappa shape index (κ2) is 11.0. The number of carbonyl (C=O) groups is 2. The standard InChI is InChI=1S/C14H17NO3.C13H15NO2/c1-9(2)10-3-4-12-11(7-10)8-13(18-12)14(17)15-5-6-16;1-4-9-5-6-11-10(7-9)8-12(16-11)13(15)14(2)3/h3-4,7-9,16H,5-6H2,1-2H3,(H,15,17);5-8H,4H2,1-3H3. The van der Waals surface area contributed by atoms with Crippen molar-refractivity contribution in [2.45, 2.75) is 33.1 Å². The summed E-state index contributed by atoms with van der Waals surface area (Å²) in [6, 6.07) is 15.5. The Balaban J connectivity index is 0.000000192. The lowest BCUT2D eigenvalue weighted by molar-refractivity contribution is 0.0798. The molecule has 4 aromatic rings. The highest BCUT2D eigenvalue weighted by atomic mass is 16.4. The van der Waals surface area contributed by atoms with E-state index in [2.05, 4.69) is 32.2 Å². The molecular weight excluding hydrogens is 432 g/mol. The first-order valence-corrected chi connectivity index (χ1v) is 11.4. The molecule has 2 heterocycles. The number of carbonyl (C=O) groups excluding carboxylic acids is 2. The zero-order chi connectivity index (χ0) is 24.8. The fraction of sp³-hybridized carbons (Fsp3) is 0.333. The van der Waals surface area contributed by atoms with Crippen molar-refractivity contribution in [3.63, 3.8) is 0 Å². The topological polar surface area (TPSA) is 95.9 Å². The van der Waals surface area contributed by atoms with Gasteiger partial charge < -0.3 is 24.2 Å². The smallest absolute Gasteiger partial charge is 0.289 e. The molecule has 0 saturated heterocycles. The summed E-state index contributed by atoms with van der Waals surface area (Å²) in [7, 11) is 3.43. The molecule has 4 rings (SSSR count). The monoisotopic (exact) mass is 464 g/mol. The van der Waals surface area contributed by atoms with Crippen LogP contribution in [-0.4, -0.2) is 49.1 Å². The number of nitrogens with one attached hydrogen (secondary N) is 1. The van der Waals surface area contributed by atoms with E-state index in [0.717, 1.165) is 22.8 Å². The normalized spacial score (nSPS) is 10.9. The summed E-state index contributed by atoms with van der Waals surface area (Å²) >= 11 is 0. The molecule has 0 aliphatic rings. The predicted octanol–water partition coefficient (Wildman–Crippen LogP) is 4.98. The van der Waals surface area contributed by atoms with Crippen LogP contribution in [0.5, 0.6) is 0 Å². The maximum atomic E-state index is 11.7. The first kappa shape index (κ1) is 25.1. The second-order valence-electron chi connectivity index (χ2n) is 8.58. The van der Waals surface area contributed by atoms with Crippen LogP contribution in [0.25, 0.3) is 21.9 Å². The Bertz CT molecular complexity index is 1280. The minimum absolute atomic E-state index is 0.0799. The minimum atomic E-state index is -0.300. The van der Waals surface area contributed by atoms with Crippen LogP contribution in [0.1, 0.15) is 58.9 Å². The first-order chi connectivity index (χ1) is 16.2. The Morgan fingerprint density at radius 1 is 0.941 bits per heavy atom. The lowest BCUT2D eigenvalue weighted by atomic mass is 10.0. The molecular formula is C27H32N2O5. The van der Waals surface area contributed by atoms with Crippen molar-refractivity contribution in [1.82, 2.24) is 10.2 Å². The van der Waals surface area contributed by atoms with Gasteiger partial charge in [0.25, 0.3) is 11.8 Å². The van der Waals surface area contributed by atoms with Crippen LogP contribution >= 0.6 is 0 Å². The molecule has 0 radical (unpaired) electrons. The van der Waals surface area contributed by atoms with Gasteiger partial charge in [-0.2, -0.15) is 0 Å². The van der Waals surface area contributed by atoms with Gasteiger partial charge in [0.1, 0.15) is 11.2 Å². The van der Waals surface area contributed by atoms with Crippen molar-refractivity contribution in [3.8, 4) is 0 Å². The molecule has 7 nitrogen and oxygen atoms in total. The van der Waals surface area contributed by atoms with Crippen molar-refractivity contribution in [2.75, 3.05) is 27.2 Å². The number of aliphatic hydroxyl groups is 1. The van der Waals surface area contributed by atoms with E-state index in [-0.39, 0.29) is 30.7 Å². The number of amides is 2. The van der Waals surface area contributed by atoms with Gasteiger partial charge in [-0.3, -0.25) is 9.59 Å². The van der Waals surface area contributed by atoms with Gasteiger partial charge in [-0.1, -0.05) is 32.9 Å². The Hall–Kier alpha value is -3.58. The summed E-state index contributed by atoms with van der Waals surface area (Å²) in [5.41, 5.74) is 3.93. The Morgan fingerprint density at radius 3 is 2.18 bits per heavy atom. The summed E-state index contributed by atoms with van der Waals surface area (Å²) in [5, 5.41) is 13.1. The van der Waals surface area contributed by atoms with Crippen LogP contribution in [0, 0.1) is 0 Å². The van der Waals surface area contributed by atoms with Crippen LogP contribution in [0.15, 0.2) is 57.4 Å². The highest BCUT2D eigenvalue weighted by molar-refractivity contribution is 5.96. The molecule has 34 heavy (non-hydrogen) atoms. The molecule has 2 N–H and O–H groups in total. The molecule has 2 aromatic heterocycles. The number of aryl methyl sites for hydroxylation is 1. The van der Waals surface area contributed by atoms with Crippen molar-refractivity contribution < 1.29 is 23.5 Å². The third-order valence-corrected chi connectivity index (χ3v) is 5.43. The molecule has 0 fully saturated rings. The van der Waals surface area contributed by atoms with Crippen molar-refractivity contribution >= 4 is 33.8 Å². The third kappa shape index (κ3) is 5.85. The van der Waals surface area contributed by atoms with Gasteiger partial charge in [0, 0.05) is 31.4 Å². The van der Waals surface area contributed by atoms with Crippen LogP contribution in [-0.2, 0) is 6.42 Å². The fourth-order valence-corrected chi connectivity index (χ4v) is 3.43. The van der Waals surface area contributed by atoms with E-state index in [1.165, 1.54) is 16.0 Å². The van der Waals surface area contributed by atoms with Crippen LogP contribution in [0.4, 0.5) is 0 Å². The van der Waals surface area contributed by atoms with Crippen molar-refractivity contribution in [1.29, 1.82) is 0 Å². The molecule has 0 spiro atoms. The van der Waals surface area contributed by atoms with Gasteiger partial charge in [-0.15, -0.1) is 0 Å². The lowest BCUT2D eigenvalue weighted by Gasteiger charge is -2.06. The molecule has 0 aliphatic carbocycles. The second-order valence-corrected chi connectivity index (χ2v) is 8.58. The molecule has 180 valence electrons. The van der Waals surface area contributed by atoms with Crippen LogP contribution in [0.2, 0.25) is 0 Å². The van der Waals surface area contributed by atoms with Gasteiger partial charge in [0.2, 0.25) is 0 Å². The molecule has 0 aliphatic heterocycles. The predicted molar refractivity (Wildman–Crippen MR) is 133 cm³/mol. The Kier molecular flexibility index (Phi) is 8.12. The van der Waals surface area contributed by atoms with Crippen LogP contribution in [0.3, 0.4) is 0 Å². The summed E-state index contributed by atoms with van der Waals surface area (Å²) < 4.78 is 11.0. The zero-order valence-corrected chi connectivity index (χ0v) is 20.3. The van der Waals surface area contributed by atoms with E-state index in [9.17, 15) is 9.59 Å². The number of rotatable bonds is 6. The number of hydrogen-bond acceptors (Lipinski definition) is 5. The van der Waals surface area contributed by atoms with E-state index in [1.54, 1.807) is 26.2 Å². The number of fused-ring (bicyclic) bond motifs is 2. The molecule has 0 unspecified atom stereocenters. The van der Waals surface area contributed by atoms with Gasteiger partial charge in [-0.05, 0) is 59.9 Å². The Labute approximate surface area is 199 Å². The van der Waals surface area contributed by atoms with E-state index >= 15 is 0 Å². The first-order valence-electron chi connectivity index (χ1n) is 11.4. The lowest BCUT2D eigenvalue weighted by Crippen LogP contribution is -2.25. The zero-order valence-electron chi connectivity index (χ0n) is 20.3. The van der Waals surface area contributed by atoms with E-state index in [1.807, 2.05) is 30.3 Å².